The molecule has 0 saturated heterocycles. The second-order valence-corrected chi connectivity index (χ2v) is 6.44. The lowest BCUT2D eigenvalue weighted by Crippen LogP contribution is -2.21. The summed E-state index contributed by atoms with van der Waals surface area (Å²) < 4.78 is 0. The van der Waals surface area contributed by atoms with Crippen molar-refractivity contribution in [2.75, 3.05) is 0 Å². The lowest BCUT2D eigenvalue weighted by Gasteiger charge is -2.27. The van der Waals surface area contributed by atoms with Crippen molar-refractivity contribution < 1.29 is 0 Å². The van der Waals surface area contributed by atoms with E-state index < -0.39 is 0 Å². The number of nitrogens with zero attached hydrogens (tertiary/aromatic N) is 1. The van der Waals surface area contributed by atoms with Gasteiger partial charge in [0, 0.05) is 15.9 Å². The van der Waals surface area contributed by atoms with Gasteiger partial charge in [-0.15, -0.1) is 0 Å². The third-order valence-electron chi connectivity index (χ3n) is 3.94. The van der Waals surface area contributed by atoms with Gasteiger partial charge in [-0.25, -0.2) is 0 Å². The Kier molecular flexibility index (Phi) is 3.64. The molecular formula is C16H18BrN. The summed E-state index contributed by atoms with van der Waals surface area (Å²) in [7, 11) is 0. The predicted molar refractivity (Wildman–Crippen MR) is 80.1 cm³/mol. The molecule has 1 aliphatic carbocycles. The number of aromatic nitrogens is 1. The number of benzene rings is 1. The minimum Gasteiger partial charge on any atom is -0.253 e. The highest BCUT2D eigenvalue weighted by Gasteiger charge is 2.23. The Balaban J connectivity index is 1.81. The van der Waals surface area contributed by atoms with Gasteiger partial charge >= 0.3 is 0 Å². The second-order valence-electron chi connectivity index (χ2n) is 5.26. The third kappa shape index (κ3) is 2.59. The summed E-state index contributed by atoms with van der Waals surface area (Å²) in [5.41, 5.74) is 2.36. The number of pyridine rings is 1. The molecule has 1 aliphatic rings. The molecule has 0 aliphatic heterocycles. The molecule has 1 fully saturated rings. The van der Waals surface area contributed by atoms with E-state index in [-0.39, 0.29) is 0 Å². The number of para-hydroxylation sites is 1. The van der Waals surface area contributed by atoms with Crippen LogP contribution < -0.4 is 0 Å². The monoisotopic (exact) mass is 303 g/mol. The van der Waals surface area contributed by atoms with Gasteiger partial charge in [-0.2, -0.15) is 0 Å². The zero-order valence-corrected chi connectivity index (χ0v) is 12.1. The number of hydrogen-bond acceptors (Lipinski definition) is 1. The van der Waals surface area contributed by atoms with Crippen LogP contribution in [0.3, 0.4) is 0 Å². The quantitative estimate of drug-likeness (QED) is 0.731. The summed E-state index contributed by atoms with van der Waals surface area (Å²) in [6, 6.07) is 12.7. The molecule has 2 heteroatoms. The van der Waals surface area contributed by atoms with Crippen LogP contribution in [0.25, 0.3) is 10.9 Å². The molecule has 0 spiro atoms. The molecule has 0 amide bonds. The van der Waals surface area contributed by atoms with Crippen molar-refractivity contribution >= 4 is 26.8 Å². The summed E-state index contributed by atoms with van der Waals surface area (Å²) in [6.07, 6.45) is 6.52. The molecule has 94 valence electrons. The van der Waals surface area contributed by atoms with Crippen molar-refractivity contribution in [3.8, 4) is 0 Å². The first kappa shape index (κ1) is 12.2. The largest absolute Gasteiger partial charge is 0.253 e. The van der Waals surface area contributed by atoms with Gasteiger partial charge in [-0.3, -0.25) is 4.98 Å². The van der Waals surface area contributed by atoms with Crippen molar-refractivity contribution in [1.29, 1.82) is 0 Å². The van der Waals surface area contributed by atoms with Gasteiger partial charge in [-0.05, 0) is 37.3 Å². The maximum Gasteiger partial charge on any atom is 0.0705 e. The van der Waals surface area contributed by atoms with Crippen LogP contribution in [0.1, 0.15) is 31.4 Å². The summed E-state index contributed by atoms with van der Waals surface area (Å²) in [6.45, 7) is 0. The molecule has 1 saturated carbocycles. The first-order valence-electron chi connectivity index (χ1n) is 6.82. The first-order valence-corrected chi connectivity index (χ1v) is 7.73. The Morgan fingerprint density at radius 2 is 1.89 bits per heavy atom. The summed E-state index contributed by atoms with van der Waals surface area (Å²) in [4.78, 5) is 5.46. The Labute approximate surface area is 117 Å². The van der Waals surface area contributed by atoms with Gasteiger partial charge < -0.3 is 0 Å². The molecule has 2 unspecified atom stereocenters. The molecule has 0 radical (unpaired) electrons. The van der Waals surface area contributed by atoms with Gasteiger partial charge in [0.1, 0.15) is 0 Å². The summed E-state index contributed by atoms with van der Waals surface area (Å²) in [5.74, 6) is 0.757. The fourth-order valence-electron chi connectivity index (χ4n) is 2.88. The van der Waals surface area contributed by atoms with Crippen LogP contribution in [0.5, 0.6) is 0 Å². The van der Waals surface area contributed by atoms with Gasteiger partial charge in [0.05, 0.1) is 5.52 Å². The average Bonchev–Trinajstić information content (AvgIpc) is 2.41. The van der Waals surface area contributed by atoms with E-state index in [1.165, 1.54) is 36.8 Å². The van der Waals surface area contributed by atoms with Gasteiger partial charge in [-0.1, -0.05) is 53.0 Å². The maximum absolute atomic E-state index is 4.78. The molecule has 0 N–H and O–H groups in total. The van der Waals surface area contributed by atoms with Crippen molar-refractivity contribution in [2.45, 2.75) is 36.9 Å². The topological polar surface area (TPSA) is 12.9 Å². The molecule has 3 rings (SSSR count). The molecular weight excluding hydrogens is 286 g/mol. The van der Waals surface area contributed by atoms with E-state index in [9.17, 15) is 0 Å². The van der Waals surface area contributed by atoms with Gasteiger partial charge in [0.2, 0.25) is 0 Å². The number of fused-ring (bicyclic) bond motifs is 1. The molecule has 1 heterocycles. The van der Waals surface area contributed by atoms with Crippen LogP contribution in [0.15, 0.2) is 36.4 Å². The van der Waals surface area contributed by atoms with Crippen LogP contribution in [-0.2, 0) is 6.42 Å². The lowest BCUT2D eigenvalue weighted by molar-refractivity contribution is 0.371. The number of alkyl halides is 1. The Hall–Kier alpha value is -0.890. The molecule has 1 nitrogen and oxygen atoms in total. The number of hydrogen-bond donors (Lipinski definition) is 0. The van der Waals surface area contributed by atoms with Gasteiger partial charge in [0.15, 0.2) is 0 Å². The lowest BCUT2D eigenvalue weighted by atomic mass is 9.86. The smallest absolute Gasteiger partial charge is 0.0705 e. The minimum absolute atomic E-state index is 0.680. The summed E-state index contributed by atoms with van der Waals surface area (Å²) in [5, 5.41) is 1.24. The van der Waals surface area contributed by atoms with E-state index in [1.807, 2.05) is 0 Å². The SMILES string of the molecule is BrC1CCCCC1Cc1ccc2ccccc2n1. The van der Waals surface area contributed by atoms with Crippen LogP contribution in [0, 0.1) is 5.92 Å². The maximum atomic E-state index is 4.78. The highest BCUT2D eigenvalue weighted by Crippen LogP contribution is 2.32. The van der Waals surface area contributed by atoms with Crippen molar-refractivity contribution in [3.05, 3.63) is 42.1 Å². The van der Waals surface area contributed by atoms with Crippen molar-refractivity contribution in [3.63, 3.8) is 0 Å². The number of halogens is 1. The van der Waals surface area contributed by atoms with E-state index in [2.05, 4.69) is 52.3 Å². The van der Waals surface area contributed by atoms with Gasteiger partial charge in [0.25, 0.3) is 0 Å². The Morgan fingerprint density at radius 1 is 1.06 bits per heavy atom. The highest BCUT2D eigenvalue weighted by atomic mass is 79.9. The minimum atomic E-state index is 0.680. The molecule has 2 atom stereocenters. The third-order valence-corrected chi connectivity index (χ3v) is 5.15. The zero-order chi connectivity index (χ0) is 12.4. The first-order chi connectivity index (χ1) is 8.83. The normalized spacial score (nSPS) is 24.3. The van der Waals surface area contributed by atoms with E-state index in [4.69, 9.17) is 4.98 Å². The molecule has 1 aromatic heterocycles. The molecule has 1 aromatic carbocycles. The molecule has 2 aromatic rings. The van der Waals surface area contributed by atoms with Crippen LogP contribution in [-0.4, -0.2) is 9.81 Å². The van der Waals surface area contributed by atoms with E-state index >= 15 is 0 Å². The van der Waals surface area contributed by atoms with Crippen molar-refractivity contribution in [2.24, 2.45) is 5.92 Å². The average molecular weight is 304 g/mol. The second kappa shape index (κ2) is 5.40. The van der Waals surface area contributed by atoms with Crippen LogP contribution in [0.2, 0.25) is 0 Å². The zero-order valence-electron chi connectivity index (χ0n) is 10.5. The van der Waals surface area contributed by atoms with Crippen LogP contribution >= 0.6 is 15.9 Å². The Bertz CT molecular complexity index is 537. The number of rotatable bonds is 2. The van der Waals surface area contributed by atoms with E-state index in [0.717, 1.165) is 17.9 Å². The summed E-state index contributed by atoms with van der Waals surface area (Å²) >= 11 is 3.83. The van der Waals surface area contributed by atoms with E-state index in [0.29, 0.717) is 4.83 Å². The van der Waals surface area contributed by atoms with E-state index in [1.54, 1.807) is 0 Å². The van der Waals surface area contributed by atoms with Crippen molar-refractivity contribution in [1.82, 2.24) is 4.98 Å². The fourth-order valence-corrected chi connectivity index (χ4v) is 3.66. The predicted octanol–water partition coefficient (Wildman–Crippen LogP) is 4.73. The standard InChI is InChI=1S/C16H18BrN/c17-15-7-3-1-6-13(15)11-14-10-9-12-5-2-4-8-16(12)18-14/h2,4-5,8-10,13,15H,1,3,6-7,11H2. The van der Waals surface area contributed by atoms with Crippen LogP contribution in [0.4, 0.5) is 0 Å². The fraction of sp³-hybridized carbons (Fsp3) is 0.438. The molecule has 0 bridgehead atoms. The Morgan fingerprint density at radius 3 is 2.78 bits per heavy atom. The molecule has 18 heavy (non-hydrogen) atoms. The highest BCUT2D eigenvalue weighted by molar-refractivity contribution is 9.09.